The Morgan fingerprint density at radius 3 is 2.30 bits per heavy atom. The van der Waals surface area contributed by atoms with E-state index in [1.807, 2.05) is 19.1 Å². The molecule has 1 amide bonds. The van der Waals surface area contributed by atoms with Gasteiger partial charge in [-0.2, -0.15) is 5.10 Å². The van der Waals surface area contributed by atoms with E-state index in [2.05, 4.69) is 63.8 Å². The zero-order chi connectivity index (χ0) is 20.5. The van der Waals surface area contributed by atoms with Crippen LogP contribution >= 0.6 is 0 Å². The Morgan fingerprint density at radius 1 is 1.07 bits per heavy atom. The number of nitrogens with zero attached hydrogens (tertiary/aromatic N) is 2. The summed E-state index contributed by atoms with van der Waals surface area (Å²) >= 11 is 0. The van der Waals surface area contributed by atoms with Crippen molar-refractivity contribution in [2.24, 2.45) is 0 Å². The van der Waals surface area contributed by atoms with Gasteiger partial charge in [0.2, 0.25) is 5.91 Å². The molecule has 2 heterocycles. The molecule has 2 aromatic carbocycles. The van der Waals surface area contributed by atoms with Crippen LogP contribution in [0.15, 0.2) is 60.7 Å². The summed E-state index contributed by atoms with van der Waals surface area (Å²) in [6.07, 6.45) is 3.12. The van der Waals surface area contributed by atoms with Crippen molar-refractivity contribution < 1.29 is 4.79 Å². The molecular formula is C25H28N4O. The van der Waals surface area contributed by atoms with E-state index in [1.165, 1.54) is 22.4 Å². The highest BCUT2D eigenvalue weighted by molar-refractivity contribution is 5.81. The summed E-state index contributed by atoms with van der Waals surface area (Å²) in [5.74, 6) is 0.219. The number of H-pyrrole nitrogens is 1. The second kappa shape index (κ2) is 8.07. The lowest BCUT2D eigenvalue weighted by Gasteiger charge is -2.32. The van der Waals surface area contributed by atoms with E-state index in [0.717, 1.165) is 38.0 Å². The maximum absolute atomic E-state index is 12.6. The third-order valence-electron chi connectivity index (χ3n) is 6.39. The zero-order valence-electron chi connectivity index (χ0n) is 17.3. The number of aromatic amines is 1. The largest absolute Gasteiger partial charge is 0.352 e. The monoisotopic (exact) mass is 400 g/mol. The van der Waals surface area contributed by atoms with Gasteiger partial charge in [0.15, 0.2) is 0 Å². The quantitative estimate of drug-likeness (QED) is 0.664. The number of rotatable bonds is 6. The predicted octanol–water partition coefficient (Wildman–Crippen LogP) is 3.62. The summed E-state index contributed by atoms with van der Waals surface area (Å²) < 4.78 is 0. The molecule has 1 aromatic heterocycles. The van der Waals surface area contributed by atoms with E-state index in [4.69, 9.17) is 5.10 Å². The average molecular weight is 401 g/mol. The van der Waals surface area contributed by atoms with Crippen LogP contribution < -0.4 is 5.32 Å². The van der Waals surface area contributed by atoms with Crippen LogP contribution in [0.3, 0.4) is 0 Å². The first kappa shape index (κ1) is 19.1. The Morgan fingerprint density at radius 2 is 1.70 bits per heavy atom. The van der Waals surface area contributed by atoms with Gasteiger partial charge in [0.25, 0.3) is 0 Å². The second-order valence-electron chi connectivity index (χ2n) is 8.50. The molecule has 0 unspecified atom stereocenters. The minimum Gasteiger partial charge on any atom is -0.352 e. The molecule has 1 fully saturated rings. The van der Waals surface area contributed by atoms with Crippen molar-refractivity contribution in [2.75, 3.05) is 6.54 Å². The van der Waals surface area contributed by atoms with Crippen LogP contribution in [0.25, 0.3) is 0 Å². The average Bonchev–Trinajstić information content (AvgIpc) is 3.52. The van der Waals surface area contributed by atoms with Gasteiger partial charge in [0.1, 0.15) is 0 Å². The number of carbonyl (C=O) groups excluding carboxylic acids is 1. The van der Waals surface area contributed by atoms with Crippen molar-refractivity contribution in [3.8, 4) is 0 Å². The summed E-state index contributed by atoms with van der Waals surface area (Å²) in [5, 5.41) is 11.2. The maximum atomic E-state index is 12.6. The molecule has 5 nitrogen and oxygen atoms in total. The second-order valence-corrected chi connectivity index (χ2v) is 8.50. The molecule has 1 atom stereocenters. The first-order chi connectivity index (χ1) is 14.7. The molecule has 2 N–H and O–H groups in total. The maximum Gasteiger partial charge on any atom is 0.237 e. The molecule has 3 aromatic rings. The van der Waals surface area contributed by atoms with Gasteiger partial charge in [-0.05, 0) is 30.9 Å². The minimum absolute atomic E-state index is 0.0722. The summed E-state index contributed by atoms with van der Waals surface area (Å²) in [6.45, 7) is 3.64. The number of hydrogen-bond acceptors (Lipinski definition) is 3. The molecular weight excluding hydrogens is 372 g/mol. The molecule has 0 spiro atoms. The van der Waals surface area contributed by atoms with Crippen molar-refractivity contribution in [3.05, 3.63) is 88.7 Å². The zero-order valence-corrected chi connectivity index (χ0v) is 17.3. The van der Waals surface area contributed by atoms with Crippen molar-refractivity contribution in [1.29, 1.82) is 0 Å². The Labute approximate surface area is 177 Å². The Hall–Kier alpha value is -2.92. The van der Waals surface area contributed by atoms with Crippen LogP contribution in [-0.4, -0.2) is 39.6 Å². The summed E-state index contributed by atoms with van der Waals surface area (Å²) in [6, 6.07) is 21.4. The van der Waals surface area contributed by atoms with E-state index in [0.29, 0.717) is 6.04 Å². The third-order valence-corrected chi connectivity index (χ3v) is 6.39. The van der Waals surface area contributed by atoms with Crippen LogP contribution in [0.4, 0.5) is 0 Å². The van der Waals surface area contributed by atoms with E-state index in [-0.39, 0.29) is 17.9 Å². The van der Waals surface area contributed by atoms with Gasteiger partial charge in [0.05, 0.1) is 17.7 Å². The molecule has 0 saturated heterocycles. The number of hydrogen-bond donors (Lipinski definition) is 2. The topological polar surface area (TPSA) is 61.0 Å². The Balaban J connectivity index is 1.47. The standard InChI is InChI=1S/C25H28N4O/c1-17(25(30)26-20-12-13-20)29-15-14-22-21(16-29)24(28-27-22)23(18-8-4-2-5-9-18)19-10-6-3-7-11-19/h2-11,17,20,23H,12-16H2,1H3,(H,26,30)(H,27,28)/t17-/m0/s1. The molecule has 5 rings (SSSR count). The molecule has 154 valence electrons. The normalized spacial score (nSPS) is 17.5. The molecule has 1 aliphatic heterocycles. The first-order valence-corrected chi connectivity index (χ1v) is 10.9. The SMILES string of the molecule is C[C@@H](C(=O)NC1CC1)N1CCc2[nH]nc(C(c3ccccc3)c3ccccc3)c2C1. The summed E-state index contributed by atoms with van der Waals surface area (Å²) in [4.78, 5) is 14.9. The first-order valence-electron chi connectivity index (χ1n) is 10.9. The number of carbonyl (C=O) groups is 1. The van der Waals surface area contributed by atoms with Crippen molar-refractivity contribution in [3.63, 3.8) is 0 Å². The number of aromatic nitrogens is 2. The van der Waals surface area contributed by atoms with Crippen molar-refractivity contribution >= 4 is 5.91 Å². The molecule has 0 bridgehead atoms. The lowest BCUT2D eigenvalue weighted by Crippen LogP contribution is -2.47. The molecule has 30 heavy (non-hydrogen) atoms. The highest BCUT2D eigenvalue weighted by Gasteiger charge is 2.33. The highest BCUT2D eigenvalue weighted by Crippen LogP contribution is 2.35. The van der Waals surface area contributed by atoms with E-state index >= 15 is 0 Å². The van der Waals surface area contributed by atoms with Crippen LogP contribution in [0.1, 0.15) is 53.8 Å². The number of amides is 1. The summed E-state index contributed by atoms with van der Waals surface area (Å²) in [5.41, 5.74) is 5.98. The Kier molecular flexibility index (Phi) is 5.13. The van der Waals surface area contributed by atoms with Gasteiger partial charge in [0, 0.05) is 36.8 Å². The van der Waals surface area contributed by atoms with E-state index in [1.54, 1.807) is 0 Å². The lowest BCUT2D eigenvalue weighted by atomic mass is 9.85. The number of fused-ring (bicyclic) bond motifs is 1. The fraction of sp³-hybridized carbons (Fsp3) is 0.360. The van der Waals surface area contributed by atoms with E-state index < -0.39 is 0 Å². The molecule has 2 aliphatic rings. The van der Waals surface area contributed by atoms with E-state index in [9.17, 15) is 4.79 Å². The van der Waals surface area contributed by atoms with Crippen LogP contribution in [0.2, 0.25) is 0 Å². The minimum atomic E-state index is -0.131. The number of nitrogens with one attached hydrogen (secondary N) is 2. The number of benzene rings is 2. The van der Waals surface area contributed by atoms with Crippen molar-refractivity contribution in [2.45, 2.75) is 50.7 Å². The lowest BCUT2D eigenvalue weighted by molar-refractivity contribution is -0.126. The van der Waals surface area contributed by atoms with Gasteiger partial charge >= 0.3 is 0 Å². The Bertz CT molecular complexity index is 971. The van der Waals surface area contributed by atoms with Crippen LogP contribution in [0, 0.1) is 0 Å². The molecule has 1 saturated carbocycles. The van der Waals surface area contributed by atoms with Gasteiger partial charge in [-0.25, -0.2) is 0 Å². The van der Waals surface area contributed by atoms with Crippen molar-refractivity contribution in [1.82, 2.24) is 20.4 Å². The fourth-order valence-corrected chi connectivity index (χ4v) is 4.42. The van der Waals surface area contributed by atoms with Gasteiger partial charge in [-0.3, -0.25) is 14.8 Å². The van der Waals surface area contributed by atoms with Gasteiger partial charge < -0.3 is 5.32 Å². The fourth-order valence-electron chi connectivity index (χ4n) is 4.42. The highest BCUT2D eigenvalue weighted by atomic mass is 16.2. The molecule has 0 radical (unpaired) electrons. The predicted molar refractivity (Wildman–Crippen MR) is 117 cm³/mol. The smallest absolute Gasteiger partial charge is 0.237 e. The van der Waals surface area contributed by atoms with Gasteiger partial charge in [-0.15, -0.1) is 0 Å². The van der Waals surface area contributed by atoms with Gasteiger partial charge in [-0.1, -0.05) is 60.7 Å². The third kappa shape index (κ3) is 3.77. The van der Waals surface area contributed by atoms with Crippen LogP contribution in [-0.2, 0) is 17.8 Å². The van der Waals surface area contributed by atoms with Crippen LogP contribution in [0.5, 0.6) is 0 Å². The molecule has 1 aliphatic carbocycles. The molecule has 5 heteroatoms. The summed E-state index contributed by atoms with van der Waals surface area (Å²) in [7, 11) is 0.